The number of carbonyl (C=O) groups is 1. The van der Waals surface area contributed by atoms with Crippen molar-refractivity contribution in [2.45, 2.75) is 6.54 Å². The number of rotatable bonds is 3. The minimum atomic E-state index is -0.564. The molecular weight excluding hydrogens is 196 g/mol. The average Bonchev–Trinajstić information content (AvgIpc) is 2.29. The molecule has 0 aliphatic rings. The second-order valence-corrected chi connectivity index (χ2v) is 2.95. The topological polar surface area (TPSA) is 64.8 Å². The van der Waals surface area contributed by atoms with Crippen molar-refractivity contribution in [2.75, 3.05) is 14.2 Å². The van der Waals surface area contributed by atoms with Gasteiger partial charge < -0.3 is 9.47 Å². The quantitative estimate of drug-likeness (QED) is 0.461. The molecule has 0 radical (unpaired) electrons. The number of methoxy groups -OCH3 is 2. The Morgan fingerprint density at radius 2 is 1.93 bits per heavy atom. The maximum absolute atomic E-state index is 11.0. The van der Waals surface area contributed by atoms with Gasteiger partial charge in [-0.25, -0.2) is 15.6 Å². The highest BCUT2D eigenvalue weighted by atomic mass is 16.5. The number of hydrogen-bond acceptors (Lipinski definition) is 4. The van der Waals surface area contributed by atoms with Crippen LogP contribution in [-0.2, 0) is 11.3 Å². The number of nitrogens with two attached hydrogens (primary N) is 1. The first kappa shape index (κ1) is 11.3. The van der Waals surface area contributed by atoms with Crippen molar-refractivity contribution in [3.8, 4) is 5.75 Å². The predicted octanol–water partition coefficient (Wildman–Crippen LogP) is 1.14. The van der Waals surface area contributed by atoms with Gasteiger partial charge in [0, 0.05) is 0 Å². The average molecular weight is 210 g/mol. The Bertz CT molecular complexity index is 324. The van der Waals surface area contributed by atoms with Crippen molar-refractivity contribution in [1.82, 2.24) is 5.01 Å². The van der Waals surface area contributed by atoms with E-state index in [0.717, 1.165) is 16.3 Å². The van der Waals surface area contributed by atoms with E-state index in [1.165, 1.54) is 7.11 Å². The molecule has 0 spiro atoms. The lowest BCUT2D eigenvalue weighted by Gasteiger charge is -2.14. The lowest BCUT2D eigenvalue weighted by Crippen LogP contribution is -2.36. The van der Waals surface area contributed by atoms with Crippen LogP contribution in [0.4, 0.5) is 4.79 Å². The van der Waals surface area contributed by atoms with Crippen LogP contribution in [0, 0.1) is 0 Å². The van der Waals surface area contributed by atoms with Crippen LogP contribution in [0.2, 0.25) is 0 Å². The van der Waals surface area contributed by atoms with Crippen LogP contribution in [0.15, 0.2) is 24.3 Å². The molecule has 15 heavy (non-hydrogen) atoms. The van der Waals surface area contributed by atoms with Crippen molar-refractivity contribution >= 4 is 6.09 Å². The summed E-state index contributed by atoms with van der Waals surface area (Å²) >= 11 is 0. The fraction of sp³-hybridized carbons (Fsp3) is 0.300. The van der Waals surface area contributed by atoms with Gasteiger partial charge >= 0.3 is 6.09 Å². The van der Waals surface area contributed by atoms with Crippen LogP contribution in [0.3, 0.4) is 0 Å². The number of carbonyl (C=O) groups excluding carboxylic acids is 1. The molecular formula is C10H14N2O3. The van der Waals surface area contributed by atoms with E-state index in [-0.39, 0.29) is 0 Å². The van der Waals surface area contributed by atoms with E-state index in [1.54, 1.807) is 19.2 Å². The fourth-order valence-electron chi connectivity index (χ4n) is 1.11. The van der Waals surface area contributed by atoms with Crippen LogP contribution in [0.1, 0.15) is 5.56 Å². The molecule has 0 fully saturated rings. The van der Waals surface area contributed by atoms with Gasteiger partial charge in [-0.1, -0.05) is 12.1 Å². The Morgan fingerprint density at radius 1 is 1.33 bits per heavy atom. The zero-order chi connectivity index (χ0) is 11.3. The number of hydrogen-bond donors (Lipinski definition) is 1. The van der Waals surface area contributed by atoms with Crippen LogP contribution in [0.5, 0.6) is 5.75 Å². The van der Waals surface area contributed by atoms with E-state index >= 15 is 0 Å². The van der Waals surface area contributed by atoms with Gasteiger partial charge in [0.15, 0.2) is 0 Å². The molecule has 82 valence electrons. The summed E-state index contributed by atoms with van der Waals surface area (Å²) in [6, 6.07) is 7.28. The second-order valence-electron chi connectivity index (χ2n) is 2.95. The number of benzene rings is 1. The minimum absolute atomic E-state index is 0.302. The van der Waals surface area contributed by atoms with Gasteiger partial charge in [0.05, 0.1) is 20.8 Å². The van der Waals surface area contributed by atoms with Crippen molar-refractivity contribution in [1.29, 1.82) is 0 Å². The first-order valence-corrected chi connectivity index (χ1v) is 4.40. The molecule has 0 aliphatic heterocycles. The summed E-state index contributed by atoms with van der Waals surface area (Å²) in [5.41, 5.74) is 0.906. The second kappa shape index (κ2) is 5.21. The molecule has 0 unspecified atom stereocenters. The van der Waals surface area contributed by atoms with Crippen molar-refractivity contribution in [3.05, 3.63) is 29.8 Å². The highest BCUT2D eigenvalue weighted by Crippen LogP contribution is 2.12. The summed E-state index contributed by atoms with van der Waals surface area (Å²) in [5.74, 6) is 6.22. The Labute approximate surface area is 88.3 Å². The predicted molar refractivity (Wildman–Crippen MR) is 55.1 cm³/mol. The molecule has 0 atom stereocenters. The highest BCUT2D eigenvalue weighted by Gasteiger charge is 2.08. The maximum Gasteiger partial charge on any atom is 0.424 e. The van der Waals surface area contributed by atoms with Crippen molar-refractivity contribution < 1.29 is 14.3 Å². The van der Waals surface area contributed by atoms with Crippen molar-refractivity contribution in [2.24, 2.45) is 5.84 Å². The molecule has 0 aliphatic carbocycles. The smallest absolute Gasteiger partial charge is 0.424 e. The van der Waals surface area contributed by atoms with Gasteiger partial charge in [0.1, 0.15) is 5.75 Å². The molecule has 0 saturated carbocycles. The van der Waals surface area contributed by atoms with Crippen LogP contribution in [0.25, 0.3) is 0 Å². The fourth-order valence-corrected chi connectivity index (χ4v) is 1.11. The van der Waals surface area contributed by atoms with E-state index in [4.69, 9.17) is 10.6 Å². The van der Waals surface area contributed by atoms with Gasteiger partial charge in [-0.05, 0) is 17.7 Å². The first-order valence-electron chi connectivity index (χ1n) is 4.40. The number of hydrazine groups is 1. The van der Waals surface area contributed by atoms with E-state index in [1.807, 2.05) is 12.1 Å². The zero-order valence-corrected chi connectivity index (χ0v) is 8.77. The molecule has 5 nitrogen and oxygen atoms in total. The van der Waals surface area contributed by atoms with Crippen LogP contribution < -0.4 is 10.6 Å². The Balaban J connectivity index is 2.60. The van der Waals surface area contributed by atoms with Gasteiger partial charge in [-0.2, -0.15) is 0 Å². The molecule has 0 saturated heterocycles. The van der Waals surface area contributed by atoms with Gasteiger partial charge in [0.2, 0.25) is 0 Å². The van der Waals surface area contributed by atoms with E-state index < -0.39 is 6.09 Å². The normalized spacial score (nSPS) is 9.53. The molecule has 5 heteroatoms. The molecule has 2 N–H and O–H groups in total. The molecule has 0 bridgehead atoms. The van der Waals surface area contributed by atoms with Gasteiger partial charge in [-0.3, -0.25) is 0 Å². The molecule has 1 amide bonds. The van der Waals surface area contributed by atoms with Crippen LogP contribution >= 0.6 is 0 Å². The molecule has 1 aromatic carbocycles. The summed E-state index contributed by atoms with van der Waals surface area (Å²) in [4.78, 5) is 11.0. The first-order chi connectivity index (χ1) is 7.17. The summed E-state index contributed by atoms with van der Waals surface area (Å²) in [6.07, 6.45) is -0.564. The number of amides is 1. The lowest BCUT2D eigenvalue weighted by molar-refractivity contribution is 0.121. The maximum atomic E-state index is 11.0. The van der Waals surface area contributed by atoms with Gasteiger partial charge in [0.25, 0.3) is 0 Å². The summed E-state index contributed by atoms with van der Waals surface area (Å²) in [7, 11) is 2.88. The molecule has 1 rings (SSSR count). The third-order valence-electron chi connectivity index (χ3n) is 1.92. The molecule has 0 heterocycles. The standard InChI is InChI=1S/C10H14N2O3/c1-14-9-5-3-8(4-6-9)7-12(11)10(13)15-2/h3-6H,7,11H2,1-2H3. The third-order valence-corrected chi connectivity index (χ3v) is 1.92. The number of nitrogens with zero attached hydrogens (tertiary/aromatic N) is 1. The van der Waals surface area contributed by atoms with E-state index in [0.29, 0.717) is 6.54 Å². The summed E-state index contributed by atoms with van der Waals surface area (Å²) < 4.78 is 9.47. The lowest BCUT2D eigenvalue weighted by atomic mass is 10.2. The summed E-state index contributed by atoms with van der Waals surface area (Å²) in [5, 5.41) is 1.00. The monoisotopic (exact) mass is 210 g/mol. The van der Waals surface area contributed by atoms with E-state index in [9.17, 15) is 4.79 Å². The molecule has 1 aromatic rings. The molecule has 0 aromatic heterocycles. The van der Waals surface area contributed by atoms with Crippen LogP contribution in [-0.4, -0.2) is 25.3 Å². The zero-order valence-electron chi connectivity index (χ0n) is 8.77. The summed E-state index contributed by atoms with van der Waals surface area (Å²) in [6.45, 7) is 0.302. The Hall–Kier alpha value is -1.75. The van der Waals surface area contributed by atoms with Crippen molar-refractivity contribution in [3.63, 3.8) is 0 Å². The minimum Gasteiger partial charge on any atom is -0.497 e. The Kier molecular flexibility index (Phi) is 3.93. The Morgan fingerprint density at radius 3 is 2.40 bits per heavy atom. The highest BCUT2D eigenvalue weighted by molar-refractivity contribution is 5.66. The van der Waals surface area contributed by atoms with E-state index in [2.05, 4.69) is 4.74 Å². The third kappa shape index (κ3) is 3.14. The van der Waals surface area contributed by atoms with Gasteiger partial charge in [-0.15, -0.1) is 0 Å². The largest absolute Gasteiger partial charge is 0.497 e. The number of ether oxygens (including phenoxy) is 2. The SMILES string of the molecule is COC(=O)N(N)Cc1ccc(OC)cc1.